The SMILES string of the molecule is CC1=C(C(=O)Nc2ccccc2)[C@@H](c2cccc(O)c2)n2nc(-c3ccccc3Cl)nc2N1. The third-order valence-electron chi connectivity index (χ3n) is 5.43. The molecule has 7 nitrogen and oxygen atoms in total. The van der Waals surface area contributed by atoms with Gasteiger partial charge in [0.2, 0.25) is 5.95 Å². The minimum atomic E-state index is -0.610. The second kappa shape index (κ2) is 8.44. The van der Waals surface area contributed by atoms with Gasteiger partial charge in [-0.2, -0.15) is 4.98 Å². The van der Waals surface area contributed by atoms with Crippen LogP contribution in [-0.2, 0) is 4.79 Å². The van der Waals surface area contributed by atoms with Gasteiger partial charge in [-0.05, 0) is 48.9 Å². The number of fused-ring (bicyclic) bond motifs is 1. The molecule has 3 N–H and O–H groups in total. The summed E-state index contributed by atoms with van der Waals surface area (Å²) in [5.74, 6) is 0.734. The summed E-state index contributed by atoms with van der Waals surface area (Å²) in [6.45, 7) is 1.82. The average Bonchev–Trinajstić information content (AvgIpc) is 3.22. The Morgan fingerprint density at radius 3 is 2.58 bits per heavy atom. The number of hydrogen-bond acceptors (Lipinski definition) is 5. The predicted octanol–water partition coefficient (Wildman–Crippen LogP) is 5.23. The smallest absolute Gasteiger partial charge is 0.255 e. The van der Waals surface area contributed by atoms with E-state index in [1.165, 1.54) is 0 Å². The molecule has 8 heteroatoms. The number of nitrogens with zero attached hydrogens (tertiary/aromatic N) is 3. The number of hydrogen-bond donors (Lipinski definition) is 3. The number of phenolic OH excluding ortho intramolecular Hbond substituents is 1. The zero-order valence-corrected chi connectivity index (χ0v) is 18.4. The third-order valence-corrected chi connectivity index (χ3v) is 5.76. The molecule has 0 fully saturated rings. The van der Waals surface area contributed by atoms with E-state index < -0.39 is 6.04 Å². The molecule has 0 aliphatic carbocycles. The van der Waals surface area contributed by atoms with Crippen molar-refractivity contribution in [2.24, 2.45) is 0 Å². The van der Waals surface area contributed by atoms with Gasteiger partial charge in [0.15, 0.2) is 5.82 Å². The quantitative estimate of drug-likeness (QED) is 0.390. The summed E-state index contributed by atoms with van der Waals surface area (Å²) in [6.07, 6.45) is 0. The number of rotatable bonds is 4. The highest BCUT2D eigenvalue weighted by Crippen LogP contribution is 2.38. The van der Waals surface area contributed by atoms with Crippen LogP contribution in [0, 0.1) is 0 Å². The van der Waals surface area contributed by atoms with Gasteiger partial charge in [-0.1, -0.05) is 54.1 Å². The van der Waals surface area contributed by atoms with Gasteiger partial charge >= 0.3 is 0 Å². The summed E-state index contributed by atoms with van der Waals surface area (Å²) in [5.41, 5.74) is 3.17. The fraction of sp³-hybridized carbons (Fsp3) is 0.0800. The van der Waals surface area contributed by atoms with Crippen molar-refractivity contribution in [1.82, 2.24) is 14.8 Å². The van der Waals surface area contributed by atoms with Crippen LogP contribution in [0.2, 0.25) is 5.02 Å². The first kappa shape index (κ1) is 20.8. The van der Waals surface area contributed by atoms with Crippen LogP contribution in [0.1, 0.15) is 18.5 Å². The lowest BCUT2D eigenvalue weighted by molar-refractivity contribution is -0.113. The Morgan fingerprint density at radius 1 is 1.06 bits per heavy atom. The molecule has 164 valence electrons. The van der Waals surface area contributed by atoms with Gasteiger partial charge in [0.1, 0.15) is 11.8 Å². The van der Waals surface area contributed by atoms with Gasteiger partial charge < -0.3 is 15.7 Å². The van der Waals surface area contributed by atoms with Crippen molar-refractivity contribution in [3.63, 3.8) is 0 Å². The molecular weight excluding hydrogens is 438 g/mol. The van der Waals surface area contributed by atoms with Gasteiger partial charge in [-0.25, -0.2) is 4.68 Å². The molecule has 1 atom stereocenters. The van der Waals surface area contributed by atoms with Crippen LogP contribution in [0.15, 0.2) is 90.1 Å². The van der Waals surface area contributed by atoms with E-state index >= 15 is 0 Å². The van der Waals surface area contributed by atoms with Crippen molar-refractivity contribution >= 4 is 29.1 Å². The molecular formula is C25H20ClN5O2. The van der Waals surface area contributed by atoms with Gasteiger partial charge in [0, 0.05) is 16.9 Å². The molecule has 4 aromatic rings. The van der Waals surface area contributed by atoms with Crippen molar-refractivity contribution in [3.8, 4) is 17.1 Å². The van der Waals surface area contributed by atoms with Crippen LogP contribution in [0.4, 0.5) is 11.6 Å². The van der Waals surface area contributed by atoms with Gasteiger partial charge in [-0.3, -0.25) is 4.79 Å². The third kappa shape index (κ3) is 3.94. The highest BCUT2D eigenvalue weighted by molar-refractivity contribution is 6.33. The summed E-state index contributed by atoms with van der Waals surface area (Å²) in [6, 6.07) is 22.8. The fourth-order valence-electron chi connectivity index (χ4n) is 3.92. The van der Waals surface area contributed by atoms with Crippen molar-refractivity contribution in [1.29, 1.82) is 0 Å². The molecule has 1 amide bonds. The van der Waals surface area contributed by atoms with Crippen molar-refractivity contribution in [2.45, 2.75) is 13.0 Å². The maximum absolute atomic E-state index is 13.4. The number of carbonyl (C=O) groups is 1. The molecule has 0 spiro atoms. The lowest BCUT2D eigenvalue weighted by Crippen LogP contribution is -2.31. The number of carbonyl (C=O) groups excluding carboxylic acids is 1. The van der Waals surface area contributed by atoms with Crippen LogP contribution >= 0.6 is 11.6 Å². The molecule has 0 saturated heterocycles. The van der Waals surface area contributed by atoms with Crippen LogP contribution in [0.25, 0.3) is 11.4 Å². The second-order valence-corrected chi connectivity index (χ2v) is 8.07. The maximum atomic E-state index is 13.4. The lowest BCUT2D eigenvalue weighted by atomic mass is 9.95. The first-order chi connectivity index (χ1) is 16.0. The molecule has 5 rings (SSSR count). The van der Waals surface area contributed by atoms with E-state index in [1.54, 1.807) is 28.9 Å². The number of halogens is 1. The molecule has 0 unspecified atom stereocenters. The summed E-state index contributed by atoms with van der Waals surface area (Å²) < 4.78 is 1.65. The summed E-state index contributed by atoms with van der Waals surface area (Å²) in [5, 5.41) is 21.5. The van der Waals surface area contributed by atoms with E-state index in [0.29, 0.717) is 44.9 Å². The standard InChI is InChI=1S/C25H20ClN5O2/c1-15-21(24(33)28-17-9-3-2-4-10-17)22(16-8-7-11-18(32)14-16)31-25(27-15)29-23(30-31)19-12-5-6-13-20(19)26/h2-14,22,32H,1H3,(H,28,33)(H,27,29,30)/t22-/m1/s1. The van der Waals surface area contributed by atoms with E-state index in [-0.39, 0.29) is 11.7 Å². The molecule has 3 aromatic carbocycles. The van der Waals surface area contributed by atoms with E-state index in [0.717, 1.165) is 0 Å². The zero-order valence-electron chi connectivity index (χ0n) is 17.7. The summed E-state index contributed by atoms with van der Waals surface area (Å²) in [4.78, 5) is 18.1. The lowest BCUT2D eigenvalue weighted by Gasteiger charge is -2.28. The monoisotopic (exact) mass is 457 g/mol. The van der Waals surface area contributed by atoms with Crippen molar-refractivity contribution in [2.75, 3.05) is 10.6 Å². The minimum absolute atomic E-state index is 0.0968. The van der Waals surface area contributed by atoms with E-state index in [4.69, 9.17) is 16.7 Å². The Hall–Kier alpha value is -4.10. The molecule has 0 saturated carbocycles. The number of para-hydroxylation sites is 1. The van der Waals surface area contributed by atoms with Crippen LogP contribution in [0.5, 0.6) is 5.75 Å². The molecule has 2 heterocycles. The number of nitrogens with one attached hydrogen (secondary N) is 2. The van der Waals surface area contributed by atoms with Crippen LogP contribution in [-0.4, -0.2) is 25.8 Å². The van der Waals surface area contributed by atoms with Gasteiger partial charge in [-0.15, -0.1) is 5.10 Å². The number of allylic oxidation sites excluding steroid dienone is 1. The Kier molecular flexibility index (Phi) is 5.32. The first-order valence-electron chi connectivity index (χ1n) is 10.4. The maximum Gasteiger partial charge on any atom is 0.255 e. The topological polar surface area (TPSA) is 92.1 Å². The molecule has 33 heavy (non-hydrogen) atoms. The van der Waals surface area contributed by atoms with Gasteiger partial charge in [0.05, 0.1) is 10.6 Å². The first-order valence-corrected chi connectivity index (χ1v) is 10.7. The van der Waals surface area contributed by atoms with Crippen molar-refractivity contribution in [3.05, 3.63) is 101 Å². The number of aromatic nitrogens is 3. The number of amides is 1. The normalized spacial score (nSPS) is 15.0. The highest BCUT2D eigenvalue weighted by atomic mass is 35.5. The number of benzene rings is 3. The number of anilines is 2. The zero-order chi connectivity index (χ0) is 22.9. The molecule has 1 aromatic heterocycles. The van der Waals surface area contributed by atoms with Crippen LogP contribution in [0.3, 0.4) is 0 Å². The largest absolute Gasteiger partial charge is 0.508 e. The molecule has 1 aliphatic heterocycles. The molecule has 0 radical (unpaired) electrons. The number of phenols is 1. The Labute approximate surface area is 195 Å². The Morgan fingerprint density at radius 2 is 1.82 bits per heavy atom. The van der Waals surface area contributed by atoms with E-state index in [2.05, 4.69) is 15.6 Å². The predicted molar refractivity (Wildman–Crippen MR) is 128 cm³/mol. The van der Waals surface area contributed by atoms with Crippen LogP contribution < -0.4 is 10.6 Å². The molecule has 1 aliphatic rings. The van der Waals surface area contributed by atoms with Gasteiger partial charge in [0.25, 0.3) is 5.91 Å². The number of aromatic hydroxyl groups is 1. The Balaban J connectivity index is 1.63. The fourth-order valence-corrected chi connectivity index (χ4v) is 4.14. The average molecular weight is 458 g/mol. The van der Waals surface area contributed by atoms with Crippen molar-refractivity contribution < 1.29 is 9.90 Å². The Bertz CT molecular complexity index is 1380. The van der Waals surface area contributed by atoms with E-state index in [9.17, 15) is 9.90 Å². The highest BCUT2D eigenvalue weighted by Gasteiger charge is 2.34. The summed E-state index contributed by atoms with van der Waals surface area (Å²) >= 11 is 6.38. The minimum Gasteiger partial charge on any atom is -0.508 e. The second-order valence-electron chi connectivity index (χ2n) is 7.66. The summed E-state index contributed by atoms with van der Waals surface area (Å²) in [7, 11) is 0. The van der Waals surface area contributed by atoms with E-state index in [1.807, 2.05) is 61.5 Å². The molecule has 0 bridgehead atoms.